The van der Waals surface area contributed by atoms with E-state index in [9.17, 15) is 0 Å². The van der Waals surface area contributed by atoms with E-state index >= 15 is 0 Å². The van der Waals surface area contributed by atoms with Gasteiger partial charge in [-0.25, -0.2) is 0 Å². The Morgan fingerprint density at radius 1 is 1.17 bits per heavy atom. The molecule has 0 saturated heterocycles. The Kier molecular flexibility index (Phi) is 5.06. The van der Waals surface area contributed by atoms with Gasteiger partial charge in [0.1, 0.15) is 5.75 Å². The van der Waals surface area contributed by atoms with E-state index in [1.54, 1.807) is 7.11 Å². The first-order valence-corrected chi connectivity index (χ1v) is 7.16. The molecule has 0 heterocycles. The molecule has 0 amide bonds. The number of ether oxygens (including phenoxy) is 1. The van der Waals surface area contributed by atoms with Crippen molar-refractivity contribution < 1.29 is 4.74 Å². The first-order chi connectivity index (χ1) is 8.79. The minimum absolute atomic E-state index is 0.733. The SMILES string of the molecule is COc1ccc(CCNC2CCCCC2C)cc1. The highest BCUT2D eigenvalue weighted by atomic mass is 16.5. The van der Waals surface area contributed by atoms with Crippen LogP contribution in [0.5, 0.6) is 5.75 Å². The molecule has 1 aliphatic carbocycles. The van der Waals surface area contributed by atoms with Crippen LogP contribution in [0.25, 0.3) is 0 Å². The summed E-state index contributed by atoms with van der Waals surface area (Å²) in [7, 11) is 1.71. The van der Waals surface area contributed by atoms with Crippen LogP contribution >= 0.6 is 0 Å². The summed E-state index contributed by atoms with van der Waals surface area (Å²) in [4.78, 5) is 0. The van der Waals surface area contributed by atoms with Crippen LogP contribution < -0.4 is 10.1 Å². The van der Waals surface area contributed by atoms with Crippen LogP contribution in [0.4, 0.5) is 0 Å². The van der Waals surface area contributed by atoms with Gasteiger partial charge in [0.25, 0.3) is 0 Å². The summed E-state index contributed by atoms with van der Waals surface area (Å²) in [5, 5.41) is 3.72. The fourth-order valence-corrected chi connectivity index (χ4v) is 2.81. The highest BCUT2D eigenvalue weighted by Gasteiger charge is 2.19. The van der Waals surface area contributed by atoms with E-state index in [0.717, 1.165) is 30.7 Å². The number of benzene rings is 1. The zero-order valence-electron chi connectivity index (χ0n) is 11.6. The van der Waals surface area contributed by atoms with Gasteiger partial charge in [-0.3, -0.25) is 0 Å². The molecule has 2 heteroatoms. The Balaban J connectivity index is 1.73. The van der Waals surface area contributed by atoms with Crippen LogP contribution in [0.3, 0.4) is 0 Å². The predicted octanol–water partition coefficient (Wildman–Crippen LogP) is 3.41. The maximum absolute atomic E-state index is 5.17. The zero-order valence-corrected chi connectivity index (χ0v) is 11.6. The van der Waals surface area contributed by atoms with E-state index in [-0.39, 0.29) is 0 Å². The summed E-state index contributed by atoms with van der Waals surface area (Å²) in [6.45, 7) is 3.46. The van der Waals surface area contributed by atoms with E-state index in [4.69, 9.17) is 4.74 Å². The van der Waals surface area contributed by atoms with Crippen molar-refractivity contribution in [1.82, 2.24) is 5.32 Å². The van der Waals surface area contributed by atoms with Crippen LogP contribution in [0, 0.1) is 5.92 Å². The van der Waals surface area contributed by atoms with E-state index in [0.29, 0.717) is 0 Å². The largest absolute Gasteiger partial charge is 0.497 e. The second-order valence-electron chi connectivity index (χ2n) is 5.42. The smallest absolute Gasteiger partial charge is 0.118 e. The summed E-state index contributed by atoms with van der Waals surface area (Å²) in [5.74, 6) is 1.78. The molecule has 1 aliphatic rings. The topological polar surface area (TPSA) is 21.3 Å². The van der Waals surface area contributed by atoms with Gasteiger partial charge in [0.05, 0.1) is 7.11 Å². The van der Waals surface area contributed by atoms with E-state index in [1.807, 2.05) is 12.1 Å². The molecule has 1 fully saturated rings. The van der Waals surface area contributed by atoms with Crippen molar-refractivity contribution in [2.24, 2.45) is 5.92 Å². The molecule has 2 unspecified atom stereocenters. The lowest BCUT2D eigenvalue weighted by molar-refractivity contribution is 0.282. The van der Waals surface area contributed by atoms with Crippen molar-refractivity contribution in [2.75, 3.05) is 13.7 Å². The first kappa shape index (κ1) is 13.4. The lowest BCUT2D eigenvalue weighted by Crippen LogP contribution is -2.38. The van der Waals surface area contributed by atoms with Gasteiger partial charge < -0.3 is 10.1 Å². The third-order valence-corrected chi connectivity index (χ3v) is 4.09. The van der Waals surface area contributed by atoms with Gasteiger partial charge in [0.15, 0.2) is 0 Å². The summed E-state index contributed by atoms with van der Waals surface area (Å²) < 4.78 is 5.17. The maximum atomic E-state index is 5.17. The first-order valence-electron chi connectivity index (χ1n) is 7.16. The standard InChI is InChI=1S/C16H25NO/c1-13-5-3-4-6-16(13)17-12-11-14-7-9-15(18-2)10-8-14/h7-10,13,16-17H,3-6,11-12H2,1-2H3. The monoisotopic (exact) mass is 247 g/mol. The summed E-state index contributed by atoms with van der Waals surface area (Å²) in [6.07, 6.45) is 6.65. The fourth-order valence-electron chi connectivity index (χ4n) is 2.81. The molecule has 100 valence electrons. The number of rotatable bonds is 5. The molecule has 1 N–H and O–H groups in total. The lowest BCUT2D eigenvalue weighted by Gasteiger charge is -2.29. The molecular weight excluding hydrogens is 222 g/mol. The second-order valence-corrected chi connectivity index (χ2v) is 5.42. The fraction of sp³-hybridized carbons (Fsp3) is 0.625. The number of hydrogen-bond donors (Lipinski definition) is 1. The van der Waals surface area contributed by atoms with E-state index < -0.39 is 0 Å². The summed E-state index contributed by atoms with van der Waals surface area (Å²) in [5.41, 5.74) is 1.38. The average molecular weight is 247 g/mol. The Hall–Kier alpha value is -1.02. The number of methoxy groups -OCH3 is 1. The third kappa shape index (κ3) is 3.74. The molecule has 0 aliphatic heterocycles. The Morgan fingerprint density at radius 3 is 2.56 bits per heavy atom. The van der Waals surface area contributed by atoms with Gasteiger partial charge in [-0.15, -0.1) is 0 Å². The molecule has 2 rings (SSSR count). The van der Waals surface area contributed by atoms with Crippen molar-refractivity contribution in [2.45, 2.75) is 45.1 Å². The van der Waals surface area contributed by atoms with Gasteiger partial charge >= 0.3 is 0 Å². The second kappa shape index (κ2) is 6.79. The molecule has 1 saturated carbocycles. The van der Waals surface area contributed by atoms with Gasteiger partial charge in [-0.1, -0.05) is 31.9 Å². The minimum atomic E-state index is 0.733. The van der Waals surface area contributed by atoms with Crippen LogP contribution in [-0.2, 0) is 6.42 Å². The Bertz CT molecular complexity index is 347. The summed E-state index contributed by atoms with van der Waals surface area (Å²) >= 11 is 0. The van der Waals surface area contributed by atoms with Crippen molar-refractivity contribution in [3.8, 4) is 5.75 Å². The molecule has 2 nitrogen and oxygen atoms in total. The quantitative estimate of drug-likeness (QED) is 0.861. The van der Waals surface area contributed by atoms with Gasteiger partial charge in [0.2, 0.25) is 0 Å². The maximum Gasteiger partial charge on any atom is 0.118 e. The molecule has 0 spiro atoms. The molecule has 18 heavy (non-hydrogen) atoms. The average Bonchev–Trinajstić information content (AvgIpc) is 2.42. The van der Waals surface area contributed by atoms with Crippen LogP contribution in [-0.4, -0.2) is 19.7 Å². The Morgan fingerprint density at radius 2 is 1.89 bits per heavy atom. The Labute approximate surface area is 111 Å². The minimum Gasteiger partial charge on any atom is -0.497 e. The van der Waals surface area contributed by atoms with Crippen molar-refractivity contribution in [3.63, 3.8) is 0 Å². The van der Waals surface area contributed by atoms with Crippen molar-refractivity contribution >= 4 is 0 Å². The molecule has 2 atom stereocenters. The normalized spacial score (nSPS) is 23.9. The van der Waals surface area contributed by atoms with Gasteiger partial charge in [-0.05, 0) is 49.4 Å². The van der Waals surface area contributed by atoms with Crippen LogP contribution in [0.15, 0.2) is 24.3 Å². The summed E-state index contributed by atoms with van der Waals surface area (Å²) in [6, 6.07) is 9.13. The third-order valence-electron chi connectivity index (χ3n) is 4.09. The zero-order chi connectivity index (χ0) is 12.8. The molecule has 0 radical (unpaired) electrons. The highest BCUT2D eigenvalue weighted by molar-refractivity contribution is 5.27. The number of hydrogen-bond acceptors (Lipinski definition) is 2. The molecular formula is C16H25NO. The van der Waals surface area contributed by atoms with E-state index in [2.05, 4.69) is 24.4 Å². The lowest BCUT2D eigenvalue weighted by atomic mass is 9.86. The predicted molar refractivity (Wildman–Crippen MR) is 76.1 cm³/mol. The molecule has 1 aromatic rings. The van der Waals surface area contributed by atoms with Crippen LogP contribution in [0.1, 0.15) is 38.2 Å². The molecule has 0 bridgehead atoms. The van der Waals surface area contributed by atoms with Gasteiger partial charge in [-0.2, -0.15) is 0 Å². The van der Waals surface area contributed by atoms with Crippen molar-refractivity contribution in [1.29, 1.82) is 0 Å². The van der Waals surface area contributed by atoms with Gasteiger partial charge in [0, 0.05) is 6.04 Å². The van der Waals surface area contributed by atoms with Crippen molar-refractivity contribution in [3.05, 3.63) is 29.8 Å². The molecule has 1 aromatic carbocycles. The number of nitrogens with one attached hydrogen (secondary N) is 1. The molecule has 0 aromatic heterocycles. The van der Waals surface area contributed by atoms with E-state index in [1.165, 1.54) is 31.2 Å². The highest BCUT2D eigenvalue weighted by Crippen LogP contribution is 2.23. The van der Waals surface area contributed by atoms with Crippen LogP contribution in [0.2, 0.25) is 0 Å².